The van der Waals surface area contributed by atoms with Gasteiger partial charge in [-0.15, -0.1) is 0 Å². The molecule has 1 aromatic rings. The summed E-state index contributed by atoms with van der Waals surface area (Å²) >= 11 is 3.38. The van der Waals surface area contributed by atoms with Crippen molar-refractivity contribution in [1.82, 2.24) is 9.88 Å². The Labute approximate surface area is 134 Å². The molecule has 2 heterocycles. The minimum absolute atomic E-state index is 0.0968. The highest BCUT2D eigenvalue weighted by atomic mass is 32.2. The van der Waals surface area contributed by atoms with E-state index in [1.54, 1.807) is 29.7 Å². The van der Waals surface area contributed by atoms with Crippen LogP contribution in [0.15, 0.2) is 29.5 Å². The number of aliphatic imine (C=N–C) groups is 1. The molecule has 0 saturated carbocycles. The van der Waals surface area contributed by atoms with E-state index in [9.17, 15) is 4.79 Å². The molecule has 21 heavy (non-hydrogen) atoms. The molecule has 0 saturated heterocycles. The third kappa shape index (κ3) is 4.01. The van der Waals surface area contributed by atoms with Crippen molar-refractivity contribution in [3.63, 3.8) is 0 Å². The van der Waals surface area contributed by atoms with Crippen LogP contribution in [0.2, 0.25) is 0 Å². The highest BCUT2D eigenvalue weighted by Gasteiger charge is 2.34. The molecule has 0 radical (unpaired) electrons. The number of carbonyl (C=O) groups excluding carboxylic acids is 1. The molecule has 0 fully saturated rings. The van der Waals surface area contributed by atoms with Gasteiger partial charge in [0.1, 0.15) is 10.4 Å². The van der Waals surface area contributed by atoms with E-state index in [1.165, 1.54) is 0 Å². The van der Waals surface area contributed by atoms with Crippen LogP contribution in [-0.2, 0) is 4.79 Å². The van der Waals surface area contributed by atoms with E-state index in [0.29, 0.717) is 6.42 Å². The number of thioether (sulfide) groups is 2. The normalized spacial score (nSPS) is 21.2. The van der Waals surface area contributed by atoms with Crippen LogP contribution < -0.4 is 0 Å². The van der Waals surface area contributed by atoms with Crippen LogP contribution in [0.5, 0.6) is 0 Å². The first-order chi connectivity index (χ1) is 10.2. The van der Waals surface area contributed by atoms with Gasteiger partial charge in [0.05, 0.1) is 6.04 Å². The van der Waals surface area contributed by atoms with Gasteiger partial charge in [0, 0.05) is 37.2 Å². The van der Waals surface area contributed by atoms with Gasteiger partial charge < -0.3 is 4.90 Å². The van der Waals surface area contributed by atoms with Gasteiger partial charge >= 0.3 is 0 Å². The average Bonchev–Trinajstić information content (AvgIpc) is 2.97. The van der Waals surface area contributed by atoms with E-state index in [-0.39, 0.29) is 17.3 Å². The maximum atomic E-state index is 12.2. The Balaban J connectivity index is 2.07. The highest BCUT2D eigenvalue weighted by molar-refractivity contribution is 8.15. The fourth-order valence-electron chi connectivity index (χ4n) is 2.21. The van der Waals surface area contributed by atoms with E-state index >= 15 is 0 Å². The van der Waals surface area contributed by atoms with E-state index in [2.05, 4.69) is 11.9 Å². The fourth-order valence-corrected chi connectivity index (χ4v) is 3.95. The second kappa shape index (κ2) is 7.84. The Kier molecular flexibility index (Phi) is 6.11. The molecule has 1 amide bonds. The van der Waals surface area contributed by atoms with E-state index < -0.39 is 0 Å². The highest BCUT2D eigenvalue weighted by Crippen LogP contribution is 2.33. The zero-order valence-corrected chi connectivity index (χ0v) is 14.3. The number of carbonyl (C=O) groups is 1. The Bertz CT molecular complexity index is 507. The Hall–Kier alpha value is -1.01. The van der Waals surface area contributed by atoms with Crippen LogP contribution in [0.3, 0.4) is 0 Å². The van der Waals surface area contributed by atoms with Crippen LogP contribution >= 0.6 is 23.5 Å². The Morgan fingerprint density at radius 1 is 1.52 bits per heavy atom. The summed E-state index contributed by atoms with van der Waals surface area (Å²) in [6.07, 6.45) is 7.14. The lowest BCUT2D eigenvalue weighted by Gasteiger charge is -2.27. The predicted molar refractivity (Wildman–Crippen MR) is 92.0 cm³/mol. The molecule has 2 unspecified atom stereocenters. The van der Waals surface area contributed by atoms with Gasteiger partial charge in [0.25, 0.3) is 0 Å². The largest absolute Gasteiger partial charge is 0.331 e. The van der Waals surface area contributed by atoms with Crippen LogP contribution in [0, 0.1) is 0 Å². The summed E-state index contributed by atoms with van der Waals surface area (Å²) in [7, 11) is 1.89. The summed E-state index contributed by atoms with van der Waals surface area (Å²) in [6.45, 7) is 2.12. The molecule has 0 N–H and O–H groups in total. The van der Waals surface area contributed by atoms with Gasteiger partial charge in [-0.25, -0.2) is 0 Å². The standard InChI is InChI=1S/C15H21N3OS2/c1-4-12-15(18(2)13(19)7-9-20-3)21-14(17-12)11-6-5-8-16-10-11/h5-6,8,10,12,15H,4,7,9H2,1-3H3. The second-order valence-electron chi connectivity index (χ2n) is 4.91. The molecule has 0 spiro atoms. The first-order valence-electron chi connectivity index (χ1n) is 7.06. The smallest absolute Gasteiger partial charge is 0.224 e. The molecule has 0 bridgehead atoms. The number of likely N-dealkylation sites (N-methyl/N-ethyl adjacent to an activating group) is 1. The van der Waals surface area contributed by atoms with Crippen molar-refractivity contribution in [2.75, 3.05) is 19.1 Å². The third-order valence-corrected chi connectivity index (χ3v) is 5.52. The molecular formula is C15H21N3OS2. The van der Waals surface area contributed by atoms with Gasteiger partial charge in [0.2, 0.25) is 5.91 Å². The van der Waals surface area contributed by atoms with Crippen molar-refractivity contribution < 1.29 is 4.79 Å². The lowest BCUT2D eigenvalue weighted by Crippen LogP contribution is -2.40. The Morgan fingerprint density at radius 2 is 2.33 bits per heavy atom. The van der Waals surface area contributed by atoms with Crippen molar-refractivity contribution in [3.8, 4) is 0 Å². The zero-order valence-electron chi connectivity index (χ0n) is 12.7. The third-order valence-electron chi connectivity index (χ3n) is 3.47. The van der Waals surface area contributed by atoms with Crippen molar-refractivity contribution in [2.45, 2.75) is 31.2 Å². The number of hydrogen-bond donors (Lipinski definition) is 0. The topological polar surface area (TPSA) is 45.6 Å². The summed E-state index contributed by atoms with van der Waals surface area (Å²) in [5, 5.41) is 1.09. The summed E-state index contributed by atoms with van der Waals surface area (Å²) in [5.74, 6) is 1.07. The fraction of sp³-hybridized carbons (Fsp3) is 0.533. The summed E-state index contributed by atoms with van der Waals surface area (Å²) in [4.78, 5) is 23.0. The summed E-state index contributed by atoms with van der Waals surface area (Å²) in [5.41, 5.74) is 1.04. The molecule has 0 aromatic carbocycles. The zero-order chi connectivity index (χ0) is 15.2. The lowest BCUT2D eigenvalue weighted by molar-refractivity contribution is -0.130. The number of nitrogens with zero attached hydrogens (tertiary/aromatic N) is 3. The lowest BCUT2D eigenvalue weighted by atomic mass is 10.2. The Morgan fingerprint density at radius 3 is 2.95 bits per heavy atom. The number of rotatable bonds is 6. The number of aromatic nitrogens is 1. The molecule has 4 nitrogen and oxygen atoms in total. The van der Waals surface area contributed by atoms with Gasteiger partial charge in [0.15, 0.2) is 0 Å². The maximum absolute atomic E-state index is 12.2. The molecule has 6 heteroatoms. The van der Waals surface area contributed by atoms with E-state index in [1.807, 2.05) is 36.5 Å². The van der Waals surface area contributed by atoms with Gasteiger partial charge in [-0.1, -0.05) is 18.7 Å². The minimum Gasteiger partial charge on any atom is -0.331 e. The molecule has 114 valence electrons. The predicted octanol–water partition coefficient (Wildman–Crippen LogP) is 2.89. The van der Waals surface area contributed by atoms with E-state index in [4.69, 9.17) is 4.99 Å². The second-order valence-corrected chi connectivity index (χ2v) is 7.00. The monoisotopic (exact) mass is 323 g/mol. The average molecular weight is 323 g/mol. The van der Waals surface area contributed by atoms with Gasteiger partial charge in [-0.05, 0) is 24.8 Å². The summed E-state index contributed by atoms with van der Waals surface area (Å²) < 4.78 is 0. The molecule has 1 aliphatic heterocycles. The van der Waals surface area contributed by atoms with Crippen LogP contribution in [-0.4, -0.2) is 51.3 Å². The first-order valence-corrected chi connectivity index (χ1v) is 9.34. The van der Waals surface area contributed by atoms with Crippen molar-refractivity contribution in [1.29, 1.82) is 0 Å². The van der Waals surface area contributed by atoms with Gasteiger partial charge in [-0.2, -0.15) is 11.8 Å². The molecule has 1 aliphatic rings. The maximum Gasteiger partial charge on any atom is 0.224 e. The molecule has 2 atom stereocenters. The molecule has 2 rings (SSSR count). The van der Waals surface area contributed by atoms with Gasteiger partial charge in [-0.3, -0.25) is 14.8 Å². The van der Waals surface area contributed by atoms with Crippen molar-refractivity contribution in [3.05, 3.63) is 30.1 Å². The molecule has 0 aliphatic carbocycles. The van der Waals surface area contributed by atoms with Crippen LogP contribution in [0.4, 0.5) is 0 Å². The van der Waals surface area contributed by atoms with Crippen LogP contribution in [0.25, 0.3) is 0 Å². The van der Waals surface area contributed by atoms with E-state index in [0.717, 1.165) is 22.8 Å². The molecular weight excluding hydrogens is 302 g/mol. The first kappa shape index (κ1) is 16.4. The van der Waals surface area contributed by atoms with Crippen LogP contribution in [0.1, 0.15) is 25.3 Å². The number of amides is 1. The minimum atomic E-state index is 0.0968. The summed E-state index contributed by atoms with van der Waals surface area (Å²) in [6, 6.07) is 4.09. The quantitative estimate of drug-likeness (QED) is 0.807. The molecule has 1 aromatic heterocycles. The van der Waals surface area contributed by atoms with Crippen molar-refractivity contribution in [2.24, 2.45) is 4.99 Å². The van der Waals surface area contributed by atoms with Crippen molar-refractivity contribution >= 4 is 34.5 Å². The number of hydrogen-bond acceptors (Lipinski definition) is 5. The number of pyridine rings is 1. The SMILES string of the molecule is CCC1N=C(c2cccnc2)SC1N(C)C(=O)CCSC.